The first-order valence-electron chi connectivity index (χ1n) is 9.96. The molecule has 32 heavy (non-hydrogen) atoms. The van der Waals surface area contributed by atoms with Crippen molar-refractivity contribution in [2.75, 3.05) is 24.3 Å². The number of anilines is 1. The van der Waals surface area contributed by atoms with Crippen LogP contribution >= 0.6 is 21.0 Å². The van der Waals surface area contributed by atoms with Gasteiger partial charge in [0.15, 0.2) is 17.8 Å². The smallest absolute Gasteiger partial charge is 0.175 e. The molecule has 0 aliphatic carbocycles. The standard InChI is InChI=1S/C19H30FN10PS/c1-28-5-2-15(31)16(20)19(28)30(25)18(27-23)13-8-11(9-26-17(13)22)14(21)10-29(24)12-3-6-32-7-4-12/h2,5,8-10,12,19H,3-4,6-7,21,23-25,31H2,1H3,(H2,22,26)/b14-10-,27-18-. The van der Waals surface area contributed by atoms with E-state index in [1.807, 2.05) is 11.8 Å². The van der Waals surface area contributed by atoms with E-state index in [2.05, 4.69) is 19.3 Å². The largest absolute Gasteiger partial charge is 0.397 e. The number of aromatic nitrogens is 1. The van der Waals surface area contributed by atoms with Gasteiger partial charge in [0.25, 0.3) is 0 Å². The van der Waals surface area contributed by atoms with Crippen LogP contribution in [0.5, 0.6) is 0 Å². The zero-order valence-corrected chi connectivity index (χ0v) is 19.8. The molecule has 0 radical (unpaired) electrons. The number of pyridine rings is 1. The Bertz CT molecular complexity index is 959. The van der Waals surface area contributed by atoms with Crippen LogP contribution in [0.15, 0.2) is 47.0 Å². The fraction of sp³-hybridized carbons (Fsp3) is 0.368. The van der Waals surface area contributed by atoms with E-state index in [0.717, 1.165) is 29.4 Å². The van der Waals surface area contributed by atoms with Crippen LogP contribution in [-0.4, -0.2) is 56.5 Å². The summed E-state index contributed by atoms with van der Waals surface area (Å²) in [6.45, 7) is 0. The molecule has 1 aromatic heterocycles. The van der Waals surface area contributed by atoms with Crippen molar-refractivity contribution >= 4 is 38.4 Å². The van der Waals surface area contributed by atoms with Crippen molar-refractivity contribution in [1.82, 2.24) is 19.9 Å². The molecule has 2 aliphatic heterocycles. The minimum Gasteiger partial charge on any atom is -0.397 e. The number of nitrogens with two attached hydrogens (primary N) is 5. The summed E-state index contributed by atoms with van der Waals surface area (Å²) in [5.74, 6) is 20.0. The van der Waals surface area contributed by atoms with Crippen LogP contribution in [0.2, 0.25) is 0 Å². The normalized spacial score (nSPS) is 20.7. The average Bonchev–Trinajstić information content (AvgIpc) is 2.78. The summed E-state index contributed by atoms with van der Waals surface area (Å²) in [6, 6.07) is 1.88. The first kappa shape index (κ1) is 24.1. The van der Waals surface area contributed by atoms with Gasteiger partial charge in [0.05, 0.1) is 11.3 Å². The maximum Gasteiger partial charge on any atom is 0.175 e. The molecular formula is C19H30FN10PS. The third-order valence-electron chi connectivity index (χ3n) is 5.40. The average molecular weight is 481 g/mol. The van der Waals surface area contributed by atoms with Crippen LogP contribution in [0.25, 0.3) is 5.70 Å². The predicted octanol–water partition coefficient (Wildman–Crippen LogP) is 0.630. The van der Waals surface area contributed by atoms with Gasteiger partial charge in [-0.05, 0) is 36.5 Å². The number of allylic oxidation sites excluding steroid dienone is 2. The first-order valence-corrected chi connectivity index (χ1v) is 11.7. The second-order valence-corrected chi connectivity index (χ2v) is 9.40. The Hall–Kier alpha value is -2.53. The lowest BCUT2D eigenvalue weighted by atomic mass is 10.1. The number of hydrogen-bond donors (Lipinski definition) is 5. The highest BCUT2D eigenvalue weighted by Crippen LogP contribution is 2.29. The van der Waals surface area contributed by atoms with Crippen LogP contribution in [0, 0.1) is 0 Å². The van der Waals surface area contributed by atoms with Gasteiger partial charge in [-0.15, -0.1) is 9.24 Å². The van der Waals surface area contributed by atoms with Crippen molar-refractivity contribution < 1.29 is 4.39 Å². The summed E-state index contributed by atoms with van der Waals surface area (Å²) in [5, 5.41) is 6.89. The number of rotatable bonds is 5. The van der Waals surface area contributed by atoms with Crippen LogP contribution in [0.3, 0.4) is 0 Å². The monoisotopic (exact) mass is 480 g/mol. The minimum atomic E-state index is -0.963. The van der Waals surface area contributed by atoms with Gasteiger partial charge >= 0.3 is 0 Å². The molecule has 2 aliphatic rings. The molecule has 0 spiro atoms. The van der Waals surface area contributed by atoms with E-state index in [4.69, 9.17) is 29.0 Å². The van der Waals surface area contributed by atoms with Gasteiger partial charge in [0, 0.05) is 42.6 Å². The zero-order valence-electron chi connectivity index (χ0n) is 17.9. The Balaban J connectivity index is 1.89. The van der Waals surface area contributed by atoms with E-state index in [0.29, 0.717) is 22.1 Å². The van der Waals surface area contributed by atoms with E-state index in [1.54, 1.807) is 41.5 Å². The van der Waals surface area contributed by atoms with Crippen LogP contribution in [-0.2, 0) is 0 Å². The summed E-state index contributed by atoms with van der Waals surface area (Å²) >= 11 is 1.92. The Morgan fingerprint density at radius 2 is 2.06 bits per heavy atom. The second-order valence-electron chi connectivity index (χ2n) is 7.55. The minimum absolute atomic E-state index is 0.0543. The fourth-order valence-electron chi connectivity index (χ4n) is 3.53. The van der Waals surface area contributed by atoms with Crippen molar-refractivity contribution in [2.45, 2.75) is 25.0 Å². The molecule has 10 nitrogen and oxygen atoms in total. The number of nitrogens with zero attached hydrogens (tertiary/aromatic N) is 5. The molecule has 10 N–H and O–H groups in total. The molecule has 3 rings (SSSR count). The van der Waals surface area contributed by atoms with Gasteiger partial charge < -0.3 is 27.2 Å². The molecular weight excluding hydrogens is 450 g/mol. The van der Waals surface area contributed by atoms with Crippen molar-refractivity contribution in [2.24, 2.45) is 28.4 Å². The quantitative estimate of drug-likeness (QED) is 0.133. The van der Waals surface area contributed by atoms with E-state index in [9.17, 15) is 4.39 Å². The Morgan fingerprint density at radius 1 is 1.38 bits per heavy atom. The summed E-state index contributed by atoms with van der Waals surface area (Å²) in [7, 11) is 4.02. The van der Waals surface area contributed by atoms with Crippen molar-refractivity contribution in [3.8, 4) is 0 Å². The van der Waals surface area contributed by atoms with Gasteiger partial charge in [-0.3, -0.25) is 5.01 Å². The summed E-state index contributed by atoms with van der Waals surface area (Å²) in [5.41, 5.74) is 13.7. The fourth-order valence-corrected chi connectivity index (χ4v) is 4.85. The molecule has 3 heterocycles. The van der Waals surface area contributed by atoms with Gasteiger partial charge in [0.2, 0.25) is 0 Å². The molecule has 2 atom stereocenters. The van der Waals surface area contributed by atoms with Crippen LogP contribution < -0.4 is 29.0 Å². The topological polar surface area (TPSA) is 165 Å². The molecule has 1 saturated heterocycles. The van der Waals surface area contributed by atoms with Gasteiger partial charge in [0.1, 0.15) is 5.82 Å². The highest BCUT2D eigenvalue weighted by Gasteiger charge is 2.31. The highest BCUT2D eigenvalue weighted by atomic mass is 32.2. The molecule has 1 aromatic rings. The van der Waals surface area contributed by atoms with Gasteiger partial charge in [-0.25, -0.2) is 21.1 Å². The SMILES string of the molecule is CN1C=CC(P)=C(F)C1N(N)/C(=N\N)c1cc(/C(N)=C/N(N)C2CCSCC2)cnc1N. The molecule has 0 bridgehead atoms. The summed E-state index contributed by atoms with van der Waals surface area (Å²) in [6.07, 6.45) is 7.54. The predicted molar refractivity (Wildman–Crippen MR) is 132 cm³/mol. The third-order valence-corrected chi connectivity index (χ3v) is 6.92. The Kier molecular flexibility index (Phi) is 7.83. The van der Waals surface area contributed by atoms with Crippen molar-refractivity contribution in [3.63, 3.8) is 0 Å². The van der Waals surface area contributed by atoms with Gasteiger partial charge in [-0.1, -0.05) is 0 Å². The van der Waals surface area contributed by atoms with Crippen LogP contribution in [0.1, 0.15) is 24.0 Å². The maximum absolute atomic E-state index is 14.8. The lowest BCUT2D eigenvalue weighted by Crippen LogP contribution is -2.54. The molecule has 0 amide bonds. The number of hydrogen-bond acceptors (Lipinski definition) is 10. The molecule has 0 saturated carbocycles. The molecule has 2 unspecified atom stereocenters. The Labute approximate surface area is 193 Å². The number of likely N-dealkylation sites (N-methyl/N-ethyl adjacent to an activating group) is 1. The molecule has 0 aromatic carbocycles. The molecule has 13 heteroatoms. The van der Waals surface area contributed by atoms with E-state index in [-0.39, 0.29) is 17.7 Å². The number of hydrazone groups is 1. The maximum atomic E-state index is 14.8. The molecule has 1 fully saturated rings. The first-order chi connectivity index (χ1) is 15.2. The number of thioether (sulfide) groups is 1. The van der Waals surface area contributed by atoms with E-state index < -0.39 is 12.0 Å². The number of nitrogen functional groups attached to an aromatic ring is 1. The summed E-state index contributed by atoms with van der Waals surface area (Å²) < 4.78 is 14.8. The van der Waals surface area contributed by atoms with Gasteiger partial charge in [-0.2, -0.15) is 16.9 Å². The lowest BCUT2D eigenvalue weighted by molar-refractivity contribution is 0.168. The summed E-state index contributed by atoms with van der Waals surface area (Å²) in [4.78, 5) is 5.80. The highest BCUT2D eigenvalue weighted by molar-refractivity contribution is 7.99. The van der Waals surface area contributed by atoms with Crippen molar-refractivity contribution in [3.05, 3.63) is 53.0 Å². The second kappa shape index (κ2) is 10.4. The van der Waals surface area contributed by atoms with E-state index >= 15 is 0 Å². The number of halogens is 1. The lowest BCUT2D eigenvalue weighted by Gasteiger charge is -2.37. The third kappa shape index (κ3) is 5.09. The Morgan fingerprint density at radius 3 is 2.72 bits per heavy atom. The van der Waals surface area contributed by atoms with Crippen LogP contribution in [0.4, 0.5) is 10.2 Å². The number of hydrazine groups is 2. The van der Waals surface area contributed by atoms with E-state index in [1.165, 1.54) is 6.20 Å². The molecule has 174 valence electrons. The number of amidine groups is 1. The zero-order chi connectivity index (χ0) is 23.4. The van der Waals surface area contributed by atoms with Crippen molar-refractivity contribution in [1.29, 1.82) is 0 Å².